The molecular weight excluding hydrogens is 689 g/mol. The Morgan fingerprint density at radius 3 is 2.19 bits per heavy atom. The maximum atomic E-state index is 12.6. The summed E-state index contributed by atoms with van der Waals surface area (Å²) in [7, 11) is 4.74. The molecule has 286 valence electrons. The van der Waals surface area contributed by atoms with Crippen LogP contribution in [0.4, 0.5) is 0 Å². The summed E-state index contributed by atoms with van der Waals surface area (Å²) in [4.78, 5) is 49.0. The number of unbranched alkanes of at least 4 members (excludes halogenated alkanes) is 5. The molecular formula is C43H56N2O7S. The van der Waals surface area contributed by atoms with Gasteiger partial charge in [0, 0.05) is 27.1 Å². The molecule has 0 bridgehead atoms. The number of esters is 1. The van der Waals surface area contributed by atoms with Crippen LogP contribution in [-0.4, -0.2) is 74.5 Å². The molecule has 0 spiro atoms. The summed E-state index contributed by atoms with van der Waals surface area (Å²) in [6, 6.07) is 21.1. The molecule has 1 unspecified atom stereocenters. The average Bonchev–Trinajstić information content (AvgIpc) is 3.16. The molecule has 3 aromatic carbocycles. The van der Waals surface area contributed by atoms with Crippen molar-refractivity contribution in [2.24, 2.45) is 0 Å². The zero-order valence-electron chi connectivity index (χ0n) is 32.2. The predicted molar refractivity (Wildman–Crippen MR) is 214 cm³/mol. The van der Waals surface area contributed by atoms with Crippen LogP contribution < -0.4 is 10.1 Å². The fraction of sp³-hybridized carbons (Fsp3) is 0.442. The Kier molecular flexibility index (Phi) is 17.8. The minimum Gasteiger partial charge on any atom is -0.492 e. The van der Waals surface area contributed by atoms with Crippen molar-refractivity contribution in [3.05, 3.63) is 107 Å². The molecule has 3 aromatic rings. The first-order valence-electron chi connectivity index (χ1n) is 18.3. The van der Waals surface area contributed by atoms with E-state index in [9.17, 15) is 19.2 Å². The number of ether oxygens (including phenoxy) is 3. The quantitative estimate of drug-likeness (QED) is 0.0592. The van der Waals surface area contributed by atoms with Gasteiger partial charge in [0.05, 0.1) is 30.1 Å². The summed E-state index contributed by atoms with van der Waals surface area (Å²) in [6.07, 6.45) is 7.09. The third-order valence-corrected chi connectivity index (χ3v) is 10.2. The second-order valence-corrected chi connectivity index (χ2v) is 14.7. The lowest BCUT2D eigenvalue weighted by molar-refractivity contribution is -0.130. The molecule has 0 aliphatic heterocycles. The lowest BCUT2D eigenvalue weighted by Crippen LogP contribution is -2.31. The van der Waals surface area contributed by atoms with Gasteiger partial charge < -0.3 is 24.4 Å². The van der Waals surface area contributed by atoms with Crippen LogP contribution >= 0.6 is 11.8 Å². The van der Waals surface area contributed by atoms with Crippen molar-refractivity contribution in [3.63, 3.8) is 0 Å². The van der Waals surface area contributed by atoms with Gasteiger partial charge in [-0.05, 0) is 104 Å². The molecule has 3 rings (SSSR count). The number of carbonyl (C=O) groups is 4. The van der Waals surface area contributed by atoms with Gasteiger partial charge in [0.25, 0.3) is 0 Å². The number of rotatable bonds is 23. The van der Waals surface area contributed by atoms with Crippen LogP contribution in [-0.2, 0) is 35.9 Å². The fourth-order valence-electron chi connectivity index (χ4n) is 5.88. The van der Waals surface area contributed by atoms with Crippen LogP contribution in [0.15, 0.2) is 73.3 Å². The van der Waals surface area contributed by atoms with Crippen molar-refractivity contribution in [2.75, 3.05) is 41.0 Å². The van der Waals surface area contributed by atoms with Crippen molar-refractivity contribution in [1.82, 2.24) is 10.2 Å². The number of hydrogen-bond donors (Lipinski definition) is 1. The molecule has 0 fully saturated rings. The molecule has 2 amide bonds. The van der Waals surface area contributed by atoms with Gasteiger partial charge in [-0.3, -0.25) is 14.4 Å². The molecule has 10 heteroatoms. The van der Waals surface area contributed by atoms with Gasteiger partial charge in [0.15, 0.2) is 5.62 Å². The topological polar surface area (TPSA) is 111 Å². The normalized spacial score (nSPS) is 11.7. The first-order valence-corrected chi connectivity index (χ1v) is 19.2. The van der Waals surface area contributed by atoms with Crippen molar-refractivity contribution in [1.29, 1.82) is 0 Å². The highest BCUT2D eigenvalue weighted by Crippen LogP contribution is 2.32. The van der Waals surface area contributed by atoms with E-state index in [4.69, 9.17) is 14.2 Å². The standard InChI is InChI=1S/C43H56N2O7S/c1-31-15-22-36(29-38(31)32(2)34-18-20-35(21-19-34)42(49)50-7)43(3,4)52-26-13-11-9-8-10-12-14-40(47)45(6)25-27-51-37-23-16-33(17-24-37)28-39(53-30-46)41(48)44-5/h15-24,29-30,39H,2,8-14,25-28H2,1,3-7H3,(H,44,48). The second kappa shape index (κ2) is 22.0. The van der Waals surface area contributed by atoms with E-state index >= 15 is 0 Å². The van der Waals surface area contributed by atoms with E-state index in [2.05, 4.69) is 50.9 Å². The first-order chi connectivity index (χ1) is 25.4. The average molecular weight is 745 g/mol. The number of nitrogens with one attached hydrogen (secondary N) is 1. The van der Waals surface area contributed by atoms with Gasteiger partial charge in [0.2, 0.25) is 11.8 Å². The smallest absolute Gasteiger partial charge is 0.337 e. The molecule has 0 radical (unpaired) electrons. The maximum Gasteiger partial charge on any atom is 0.337 e. The number of amides is 2. The largest absolute Gasteiger partial charge is 0.492 e. The highest BCUT2D eigenvalue weighted by Gasteiger charge is 2.23. The Labute approximate surface area is 319 Å². The number of nitrogens with zero attached hydrogens (tertiary/aromatic N) is 1. The van der Waals surface area contributed by atoms with Crippen molar-refractivity contribution >= 4 is 40.7 Å². The van der Waals surface area contributed by atoms with Crippen LogP contribution in [0.1, 0.15) is 97.0 Å². The Morgan fingerprint density at radius 1 is 0.906 bits per heavy atom. The fourth-order valence-corrected chi connectivity index (χ4v) is 6.55. The summed E-state index contributed by atoms with van der Waals surface area (Å²) in [6.45, 7) is 12.2. The predicted octanol–water partition coefficient (Wildman–Crippen LogP) is 7.94. The highest BCUT2D eigenvalue weighted by molar-refractivity contribution is 8.13. The van der Waals surface area contributed by atoms with Crippen LogP contribution in [0.2, 0.25) is 0 Å². The number of carbonyl (C=O) groups excluding carboxylic acids is 4. The zero-order chi connectivity index (χ0) is 38.8. The summed E-state index contributed by atoms with van der Waals surface area (Å²) in [5, 5.41) is 2.12. The molecule has 0 aliphatic rings. The van der Waals surface area contributed by atoms with Crippen LogP contribution in [0.25, 0.3) is 5.57 Å². The molecule has 0 heterocycles. The van der Waals surface area contributed by atoms with E-state index < -0.39 is 10.9 Å². The van der Waals surface area contributed by atoms with E-state index in [-0.39, 0.29) is 17.8 Å². The third-order valence-electron chi connectivity index (χ3n) is 9.38. The molecule has 1 N–H and O–H groups in total. The number of methoxy groups -OCH3 is 1. The Morgan fingerprint density at radius 2 is 1.55 bits per heavy atom. The van der Waals surface area contributed by atoms with Gasteiger partial charge in [-0.1, -0.05) is 80.4 Å². The molecule has 9 nitrogen and oxygen atoms in total. The van der Waals surface area contributed by atoms with Crippen molar-refractivity contribution in [3.8, 4) is 5.75 Å². The van der Waals surface area contributed by atoms with E-state index in [1.165, 1.54) is 7.11 Å². The van der Waals surface area contributed by atoms with E-state index in [0.717, 1.165) is 83.7 Å². The van der Waals surface area contributed by atoms with Crippen LogP contribution in [0.5, 0.6) is 5.75 Å². The van der Waals surface area contributed by atoms with Gasteiger partial charge in [-0.25, -0.2) is 4.79 Å². The van der Waals surface area contributed by atoms with E-state index in [1.54, 1.807) is 31.1 Å². The molecule has 0 aliphatic carbocycles. The van der Waals surface area contributed by atoms with Crippen molar-refractivity contribution < 1.29 is 33.4 Å². The summed E-state index contributed by atoms with van der Waals surface area (Å²) in [5.74, 6) is 0.265. The number of benzene rings is 3. The Hall–Kier alpha value is -4.41. The molecule has 0 saturated heterocycles. The van der Waals surface area contributed by atoms with E-state index in [0.29, 0.717) is 49.5 Å². The summed E-state index contributed by atoms with van der Waals surface area (Å²) < 4.78 is 17.0. The maximum absolute atomic E-state index is 12.6. The lowest BCUT2D eigenvalue weighted by atomic mass is 9.89. The van der Waals surface area contributed by atoms with E-state index in [1.807, 2.05) is 36.4 Å². The van der Waals surface area contributed by atoms with Crippen LogP contribution in [0, 0.1) is 6.92 Å². The van der Waals surface area contributed by atoms with Crippen LogP contribution in [0.3, 0.4) is 0 Å². The third kappa shape index (κ3) is 13.8. The number of likely N-dealkylation sites (N-methyl/N-ethyl adjacent to an activating group) is 1. The number of aryl methyl sites for hydroxylation is 1. The minimum absolute atomic E-state index is 0.117. The lowest BCUT2D eigenvalue weighted by Gasteiger charge is -2.27. The number of hydrogen-bond acceptors (Lipinski definition) is 8. The second-order valence-electron chi connectivity index (χ2n) is 13.7. The first kappa shape index (κ1) is 43.0. The Balaban J connectivity index is 1.29. The summed E-state index contributed by atoms with van der Waals surface area (Å²) >= 11 is 0.966. The summed E-state index contributed by atoms with van der Waals surface area (Å²) in [5.41, 5.74) is 6.76. The number of thioether (sulfide) groups is 1. The van der Waals surface area contributed by atoms with Gasteiger partial charge in [-0.2, -0.15) is 0 Å². The highest BCUT2D eigenvalue weighted by atomic mass is 32.2. The molecule has 0 saturated carbocycles. The Bertz CT molecular complexity index is 1650. The zero-order valence-corrected chi connectivity index (χ0v) is 33.0. The van der Waals surface area contributed by atoms with Crippen molar-refractivity contribution in [2.45, 2.75) is 83.0 Å². The SMILES string of the molecule is C=C(c1ccc(C(=O)OC)cc1)c1cc(C(C)(C)OCCCCCCCCC(=O)N(C)CCOc2ccc(CC(SC=O)C(=O)NC)cc2)ccc1C. The molecule has 53 heavy (non-hydrogen) atoms. The monoisotopic (exact) mass is 744 g/mol. The van der Waals surface area contributed by atoms with Gasteiger partial charge in [0.1, 0.15) is 12.4 Å². The molecule has 0 aromatic heterocycles. The minimum atomic E-state index is -0.469. The molecule has 1 atom stereocenters. The van der Waals surface area contributed by atoms with Gasteiger partial charge >= 0.3 is 5.97 Å². The van der Waals surface area contributed by atoms with Gasteiger partial charge in [-0.15, -0.1) is 0 Å².